The van der Waals surface area contributed by atoms with Crippen LogP contribution in [0.2, 0.25) is 0 Å². The molecule has 0 aromatic heterocycles. The van der Waals surface area contributed by atoms with Crippen LogP contribution in [-0.4, -0.2) is 66.4 Å². The molecule has 0 saturated carbocycles. The summed E-state index contributed by atoms with van der Waals surface area (Å²) in [5.41, 5.74) is 3.04. The number of nitrogens with zero attached hydrogens (tertiary/aromatic N) is 1. The first-order valence-electron chi connectivity index (χ1n) is 12.1. The highest BCUT2D eigenvalue weighted by Gasteiger charge is 2.49. The molecule has 8 nitrogen and oxygen atoms in total. The molecule has 4 rings (SSSR count). The van der Waals surface area contributed by atoms with E-state index < -0.39 is 29.6 Å². The SMILES string of the molecule is CCCCC(NC(=O)OCC1c2ccccc2-c2ccccc21)C(=O)N(C)C1(C(=O)O)CCOC1. The predicted molar refractivity (Wildman–Crippen MR) is 130 cm³/mol. The van der Waals surface area contributed by atoms with Crippen LogP contribution in [0.5, 0.6) is 0 Å². The van der Waals surface area contributed by atoms with Gasteiger partial charge in [0, 0.05) is 26.0 Å². The number of carboxylic acid groups (broad SMARTS) is 1. The van der Waals surface area contributed by atoms with Crippen molar-refractivity contribution in [2.75, 3.05) is 26.9 Å². The Hall–Kier alpha value is -3.39. The molecular formula is C27H32N2O6. The number of hydrogen-bond acceptors (Lipinski definition) is 5. The maximum atomic E-state index is 13.3. The number of carbonyl (C=O) groups is 3. The van der Waals surface area contributed by atoms with Crippen LogP contribution in [0, 0.1) is 0 Å². The summed E-state index contributed by atoms with van der Waals surface area (Å²) in [6.07, 6.45) is 1.43. The Labute approximate surface area is 205 Å². The molecule has 2 atom stereocenters. The number of hydrogen-bond donors (Lipinski definition) is 2. The van der Waals surface area contributed by atoms with Gasteiger partial charge in [-0.1, -0.05) is 68.3 Å². The number of rotatable bonds is 9. The van der Waals surface area contributed by atoms with Crippen molar-refractivity contribution in [1.29, 1.82) is 0 Å². The molecule has 0 radical (unpaired) electrons. The molecule has 1 aliphatic heterocycles. The number of carbonyl (C=O) groups excluding carboxylic acids is 2. The van der Waals surface area contributed by atoms with Crippen molar-refractivity contribution in [2.45, 2.75) is 50.1 Å². The highest BCUT2D eigenvalue weighted by Crippen LogP contribution is 2.44. The monoisotopic (exact) mass is 480 g/mol. The van der Waals surface area contributed by atoms with Crippen molar-refractivity contribution in [1.82, 2.24) is 10.2 Å². The Balaban J connectivity index is 1.45. The zero-order chi connectivity index (χ0) is 25.0. The lowest BCUT2D eigenvalue weighted by Crippen LogP contribution is -2.60. The molecule has 2 N–H and O–H groups in total. The molecule has 0 bridgehead atoms. The second-order valence-electron chi connectivity index (χ2n) is 9.20. The van der Waals surface area contributed by atoms with E-state index in [2.05, 4.69) is 17.4 Å². The number of fused-ring (bicyclic) bond motifs is 3. The Morgan fingerprint density at radius 1 is 1.14 bits per heavy atom. The fraction of sp³-hybridized carbons (Fsp3) is 0.444. The molecule has 8 heteroatoms. The number of benzene rings is 2. The average Bonchev–Trinajstić information content (AvgIpc) is 3.49. The maximum absolute atomic E-state index is 13.3. The molecule has 2 amide bonds. The van der Waals surface area contributed by atoms with E-state index in [9.17, 15) is 19.5 Å². The Kier molecular flexibility index (Phi) is 7.40. The van der Waals surface area contributed by atoms with Crippen molar-refractivity contribution >= 4 is 18.0 Å². The number of aliphatic carboxylic acids is 1. The first-order chi connectivity index (χ1) is 16.9. The summed E-state index contributed by atoms with van der Waals surface area (Å²) in [6, 6.07) is 15.3. The summed E-state index contributed by atoms with van der Waals surface area (Å²) in [7, 11) is 1.46. The molecule has 35 heavy (non-hydrogen) atoms. The zero-order valence-corrected chi connectivity index (χ0v) is 20.2. The molecule has 1 fully saturated rings. The highest BCUT2D eigenvalue weighted by atomic mass is 16.5. The minimum Gasteiger partial charge on any atom is -0.479 e. The number of amides is 2. The number of alkyl carbamates (subject to hydrolysis) is 1. The van der Waals surface area contributed by atoms with Crippen LogP contribution in [0.1, 0.15) is 49.7 Å². The summed E-state index contributed by atoms with van der Waals surface area (Å²) in [6.45, 7) is 2.32. The summed E-state index contributed by atoms with van der Waals surface area (Å²) >= 11 is 0. The normalized spacial score (nSPS) is 19.5. The van der Waals surface area contributed by atoms with Gasteiger partial charge in [0.1, 0.15) is 12.6 Å². The van der Waals surface area contributed by atoms with E-state index in [4.69, 9.17) is 9.47 Å². The Bertz CT molecular complexity index is 1050. The van der Waals surface area contributed by atoms with Gasteiger partial charge in [0.25, 0.3) is 0 Å². The lowest BCUT2D eigenvalue weighted by Gasteiger charge is -2.35. The number of unbranched alkanes of at least 4 members (excludes halogenated alkanes) is 1. The number of likely N-dealkylation sites (N-methyl/N-ethyl adjacent to an activating group) is 1. The van der Waals surface area contributed by atoms with Gasteiger partial charge in [-0.25, -0.2) is 9.59 Å². The molecule has 1 aliphatic carbocycles. The first kappa shape index (κ1) is 24.7. The maximum Gasteiger partial charge on any atom is 0.407 e. The van der Waals surface area contributed by atoms with Gasteiger partial charge < -0.3 is 24.8 Å². The highest BCUT2D eigenvalue weighted by molar-refractivity contribution is 5.91. The summed E-state index contributed by atoms with van der Waals surface area (Å²) < 4.78 is 10.9. The van der Waals surface area contributed by atoms with Gasteiger partial charge >= 0.3 is 12.1 Å². The van der Waals surface area contributed by atoms with Crippen LogP contribution in [0.3, 0.4) is 0 Å². The van der Waals surface area contributed by atoms with E-state index in [0.29, 0.717) is 12.8 Å². The van der Waals surface area contributed by atoms with Crippen LogP contribution in [0.4, 0.5) is 4.79 Å². The molecule has 186 valence electrons. The van der Waals surface area contributed by atoms with Crippen LogP contribution < -0.4 is 5.32 Å². The number of nitrogens with one attached hydrogen (secondary N) is 1. The van der Waals surface area contributed by atoms with E-state index in [0.717, 1.165) is 28.7 Å². The molecule has 1 heterocycles. The largest absolute Gasteiger partial charge is 0.479 e. The predicted octanol–water partition coefficient (Wildman–Crippen LogP) is 3.79. The molecule has 2 unspecified atom stereocenters. The Morgan fingerprint density at radius 2 is 1.77 bits per heavy atom. The topological polar surface area (TPSA) is 105 Å². The number of carboxylic acids is 1. The van der Waals surface area contributed by atoms with Gasteiger partial charge in [-0.15, -0.1) is 0 Å². The minimum absolute atomic E-state index is 0.0734. The fourth-order valence-electron chi connectivity index (χ4n) is 5.02. The van der Waals surface area contributed by atoms with Crippen molar-refractivity contribution in [2.24, 2.45) is 0 Å². The molecule has 2 aromatic rings. The smallest absolute Gasteiger partial charge is 0.407 e. The molecule has 0 spiro atoms. The van der Waals surface area contributed by atoms with Crippen LogP contribution in [-0.2, 0) is 19.1 Å². The third-order valence-electron chi connectivity index (χ3n) is 7.15. The van der Waals surface area contributed by atoms with E-state index >= 15 is 0 Å². The van der Waals surface area contributed by atoms with Crippen molar-refractivity contribution < 1.29 is 29.0 Å². The molecular weight excluding hydrogens is 448 g/mol. The molecule has 2 aliphatic rings. The third-order valence-corrected chi connectivity index (χ3v) is 7.15. The van der Waals surface area contributed by atoms with Gasteiger partial charge in [-0.2, -0.15) is 0 Å². The second kappa shape index (κ2) is 10.5. The lowest BCUT2D eigenvalue weighted by molar-refractivity contribution is -0.158. The third kappa shape index (κ3) is 4.75. The minimum atomic E-state index is -1.43. The lowest BCUT2D eigenvalue weighted by atomic mass is 9.95. The summed E-state index contributed by atoms with van der Waals surface area (Å²) in [4.78, 5) is 39.3. The standard InChI is InChI=1S/C27H32N2O6/c1-3-4-13-23(24(30)29(2)27(25(31)32)14-15-34-17-27)28-26(33)35-16-22-20-11-7-5-9-18(20)19-10-6-8-12-21(19)22/h5-12,22-23H,3-4,13-17H2,1-2H3,(H,28,33)(H,31,32). The average molecular weight is 481 g/mol. The van der Waals surface area contributed by atoms with E-state index in [-0.39, 0.29) is 32.2 Å². The second-order valence-corrected chi connectivity index (χ2v) is 9.20. The van der Waals surface area contributed by atoms with Crippen LogP contribution >= 0.6 is 0 Å². The van der Waals surface area contributed by atoms with Gasteiger partial charge in [-0.05, 0) is 28.7 Å². The van der Waals surface area contributed by atoms with Crippen molar-refractivity contribution in [3.8, 4) is 11.1 Å². The van der Waals surface area contributed by atoms with Gasteiger partial charge in [0.15, 0.2) is 5.54 Å². The number of ether oxygens (including phenoxy) is 2. The fourth-order valence-corrected chi connectivity index (χ4v) is 5.02. The van der Waals surface area contributed by atoms with Crippen molar-refractivity contribution in [3.63, 3.8) is 0 Å². The van der Waals surface area contributed by atoms with Crippen LogP contribution in [0.25, 0.3) is 11.1 Å². The Morgan fingerprint density at radius 3 is 2.31 bits per heavy atom. The van der Waals surface area contributed by atoms with Crippen LogP contribution in [0.15, 0.2) is 48.5 Å². The molecule has 1 saturated heterocycles. The van der Waals surface area contributed by atoms with E-state index in [1.54, 1.807) is 0 Å². The first-order valence-corrected chi connectivity index (χ1v) is 12.1. The van der Waals surface area contributed by atoms with Gasteiger partial charge in [0.05, 0.1) is 6.61 Å². The zero-order valence-electron chi connectivity index (χ0n) is 20.2. The van der Waals surface area contributed by atoms with E-state index in [1.165, 1.54) is 11.9 Å². The summed E-state index contributed by atoms with van der Waals surface area (Å²) in [5, 5.41) is 12.5. The summed E-state index contributed by atoms with van der Waals surface area (Å²) in [5.74, 6) is -1.66. The van der Waals surface area contributed by atoms with Crippen molar-refractivity contribution in [3.05, 3.63) is 59.7 Å². The van der Waals surface area contributed by atoms with E-state index in [1.807, 2.05) is 43.3 Å². The quantitative estimate of drug-likeness (QED) is 0.566. The van der Waals surface area contributed by atoms with Gasteiger partial charge in [-0.3, -0.25) is 4.79 Å². The molecule has 2 aromatic carbocycles. The van der Waals surface area contributed by atoms with Gasteiger partial charge in [0.2, 0.25) is 5.91 Å².